The van der Waals surface area contributed by atoms with Crippen LogP contribution in [0.5, 0.6) is 0 Å². The summed E-state index contributed by atoms with van der Waals surface area (Å²) >= 11 is 1.81. The Morgan fingerprint density at radius 2 is 2.12 bits per heavy atom. The maximum absolute atomic E-state index is 4.43. The Hall–Kier alpha value is -1.31. The number of rotatable bonds is 6. The Balaban J connectivity index is 1.33. The van der Waals surface area contributed by atoms with Gasteiger partial charge in [0, 0.05) is 49.7 Å². The van der Waals surface area contributed by atoms with E-state index in [0.717, 1.165) is 37.0 Å². The van der Waals surface area contributed by atoms with E-state index in [0.29, 0.717) is 12.0 Å². The summed E-state index contributed by atoms with van der Waals surface area (Å²) in [5.74, 6) is 2.93. The van der Waals surface area contributed by atoms with E-state index in [-0.39, 0.29) is 0 Å². The second-order valence-corrected chi connectivity index (χ2v) is 8.57. The van der Waals surface area contributed by atoms with Crippen LogP contribution in [-0.2, 0) is 20.1 Å². The first-order chi connectivity index (χ1) is 11.6. The summed E-state index contributed by atoms with van der Waals surface area (Å²) in [6.07, 6.45) is 5.80. The molecular weight excluding hydrogens is 320 g/mol. The topological polar surface area (TPSA) is 50.1 Å². The van der Waals surface area contributed by atoms with Crippen LogP contribution in [0.15, 0.2) is 6.20 Å². The molecule has 7 heteroatoms. The Morgan fingerprint density at radius 1 is 1.29 bits per heavy atom. The van der Waals surface area contributed by atoms with Crippen molar-refractivity contribution in [3.63, 3.8) is 0 Å². The fourth-order valence-corrected chi connectivity index (χ4v) is 4.41. The van der Waals surface area contributed by atoms with Crippen LogP contribution in [0.25, 0.3) is 0 Å². The van der Waals surface area contributed by atoms with Gasteiger partial charge in [-0.1, -0.05) is 0 Å². The highest BCUT2D eigenvalue weighted by molar-refractivity contribution is 7.11. The highest BCUT2D eigenvalue weighted by atomic mass is 32.1. The van der Waals surface area contributed by atoms with Gasteiger partial charge in [0.15, 0.2) is 0 Å². The van der Waals surface area contributed by atoms with E-state index < -0.39 is 0 Å². The van der Waals surface area contributed by atoms with Crippen molar-refractivity contribution >= 4 is 11.3 Å². The van der Waals surface area contributed by atoms with Gasteiger partial charge < -0.3 is 4.57 Å². The molecule has 3 heterocycles. The molecule has 0 radical (unpaired) electrons. The molecule has 0 bridgehead atoms. The quantitative estimate of drug-likeness (QED) is 0.802. The molecule has 0 spiro atoms. The number of nitrogens with zero attached hydrogens (tertiary/aromatic N) is 6. The second-order valence-electron chi connectivity index (χ2n) is 7.25. The van der Waals surface area contributed by atoms with Gasteiger partial charge in [0.2, 0.25) is 0 Å². The molecule has 1 aliphatic heterocycles. The average molecular weight is 347 g/mol. The van der Waals surface area contributed by atoms with Crippen molar-refractivity contribution in [1.82, 2.24) is 29.5 Å². The van der Waals surface area contributed by atoms with Crippen LogP contribution in [0.1, 0.15) is 46.7 Å². The number of likely N-dealkylation sites (tertiary alicyclic amines) is 1. The van der Waals surface area contributed by atoms with E-state index >= 15 is 0 Å². The van der Waals surface area contributed by atoms with E-state index in [1.165, 1.54) is 30.0 Å². The normalized spacial score (nSPS) is 21.9. The molecule has 130 valence electrons. The molecular formula is C17H26N6S. The molecule has 1 unspecified atom stereocenters. The van der Waals surface area contributed by atoms with Crippen LogP contribution >= 0.6 is 11.3 Å². The fourth-order valence-electron chi connectivity index (χ4n) is 3.58. The van der Waals surface area contributed by atoms with Crippen molar-refractivity contribution in [2.24, 2.45) is 7.05 Å². The molecule has 2 aromatic heterocycles. The number of aryl methyl sites for hydroxylation is 1. The molecule has 1 saturated heterocycles. The lowest BCUT2D eigenvalue weighted by Gasteiger charge is -2.24. The molecule has 0 amide bonds. The van der Waals surface area contributed by atoms with Gasteiger partial charge >= 0.3 is 0 Å². The van der Waals surface area contributed by atoms with Crippen LogP contribution < -0.4 is 0 Å². The average Bonchev–Trinajstić information content (AvgIpc) is 2.96. The number of aromatic nitrogens is 4. The van der Waals surface area contributed by atoms with Crippen molar-refractivity contribution in [3.8, 4) is 0 Å². The smallest absolute Gasteiger partial charge is 0.146 e. The number of hydrogen-bond acceptors (Lipinski definition) is 6. The molecule has 1 atom stereocenters. The summed E-state index contributed by atoms with van der Waals surface area (Å²) < 4.78 is 2.21. The first-order valence-electron chi connectivity index (χ1n) is 8.82. The van der Waals surface area contributed by atoms with E-state index in [1.54, 1.807) is 0 Å². The Morgan fingerprint density at radius 3 is 2.83 bits per heavy atom. The lowest BCUT2D eigenvalue weighted by atomic mass is 10.2. The Labute approximate surface area is 147 Å². The third kappa shape index (κ3) is 3.38. The molecule has 4 rings (SSSR count). The van der Waals surface area contributed by atoms with E-state index in [1.807, 2.05) is 17.5 Å². The van der Waals surface area contributed by atoms with Crippen molar-refractivity contribution < 1.29 is 0 Å². The summed E-state index contributed by atoms with van der Waals surface area (Å²) in [7, 11) is 4.33. The minimum absolute atomic E-state index is 0.597. The van der Waals surface area contributed by atoms with Gasteiger partial charge in [-0.2, -0.15) is 0 Å². The van der Waals surface area contributed by atoms with Crippen molar-refractivity contribution in [1.29, 1.82) is 0 Å². The lowest BCUT2D eigenvalue weighted by Crippen LogP contribution is -2.34. The van der Waals surface area contributed by atoms with Gasteiger partial charge in [-0.15, -0.1) is 21.5 Å². The predicted molar refractivity (Wildman–Crippen MR) is 95.0 cm³/mol. The standard InChI is InChI=1S/C17H26N6S/c1-12-18-8-15(24-12)10-23-7-6-14(9-23)21(2)11-16-19-20-17(22(16)3)13-4-5-13/h8,13-14H,4-7,9-11H2,1-3H3. The zero-order chi connectivity index (χ0) is 16.7. The Kier molecular flexibility index (Phi) is 4.40. The van der Waals surface area contributed by atoms with Crippen molar-refractivity contribution in [2.45, 2.75) is 51.2 Å². The molecule has 2 aromatic rings. The predicted octanol–water partition coefficient (Wildman–Crippen LogP) is 2.16. The summed E-state index contributed by atoms with van der Waals surface area (Å²) in [4.78, 5) is 10.7. The third-order valence-electron chi connectivity index (χ3n) is 5.25. The number of thiazole rings is 1. The second kappa shape index (κ2) is 6.54. The van der Waals surface area contributed by atoms with Crippen LogP contribution in [0.2, 0.25) is 0 Å². The minimum atomic E-state index is 0.597. The van der Waals surface area contributed by atoms with Crippen LogP contribution in [-0.4, -0.2) is 55.7 Å². The monoisotopic (exact) mass is 346 g/mol. The summed E-state index contributed by atoms with van der Waals surface area (Å²) in [5.41, 5.74) is 0. The maximum Gasteiger partial charge on any atom is 0.146 e. The Bertz CT molecular complexity index is 704. The highest BCUT2D eigenvalue weighted by Gasteiger charge is 2.30. The van der Waals surface area contributed by atoms with E-state index in [9.17, 15) is 0 Å². The molecule has 1 saturated carbocycles. The van der Waals surface area contributed by atoms with E-state index in [4.69, 9.17) is 0 Å². The molecule has 2 aliphatic rings. The summed E-state index contributed by atoms with van der Waals surface area (Å²) in [5, 5.41) is 9.99. The fraction of sp³-hybridized carbons (Fsp3) is 0.706. The molecule has 6 nitrogen and oxygen atoms in total. The summed E-state index contributed by atoms with van der Waals surface area (Å²) in [6, 6.07) is 0.597. The van der Waals surface area contributed by atoms with Gasteiger partial charge in [-0.25, -0.2) is 4.98 Å². The van der Waals surface area contributed by atoms with Gasteiger partial charge in [0.25, 0.3) is 0 Å². The number of hydrogen-bond donors (Lipinski definition) is 0. The van der Waals surface area contributed by atoms with Crippen LogP contribution in [0.4, 0.5) is 0 Å². The molecule has 0 N–H and O–H groups in total. The van der Waals surface area contributed by atoms with Gasteiger partial charge in [0.1, 0.15) is 11.6 Å². The van der Waals surface area contributed by atoms with Crippen molar-refractivity contribution in [2.75, 3.05) is 20.1 Å². The maximum atomic E-state index is 4.43. The third-order valence-corrected chi connectivity index (χ3v) is 6.15. The van der Waals surface area contributed by atoms with Crippen LogP contribution in [0.3, 0.4) is 0 Å². The molecule has 2 fully saturated rings. The summed E-state index contributed by atoms with van der Waals surface area (Å²) in [6.45, 7) is 6.28. The van der Waals surface area contributed by atoms with E-state index in [2.05, 4.69) is 50.6 Å². The number of likely N-dealkylation sites (N-methyl/N-ethyl adjacent to an activating group) is 1. The minimum Gasteiger partial charge on any atom is -0.317 e. The van der Waals surface area contributed by atoms with Crippen LogP contribution in [0, 0.1) is 6.92 Å². The zero-order valence-electron chi connectivity index (χ0n) is 14.8. The van der Waals surface area contributed by atoms with Gasteiger partial charge in [-0.05, 0) is 33.2 Å². The largest absolute Gasteiger partial charge is 0.317 e. The zero-order valence-corrected chi connectivity index (χ0v) is 15.6. The highest BCUT2D eigenvalue weighted by Crippen LogP contribution is 2.38. The first-order valence-corrected chi connectivity index (χ1v) is 9.64. The molecule has 0 aromatic carbocycles. The molecule has 1 aliphatic carbocycles. The van der Waals surface area contributed by atoms with Crippen molar-refractivity contribution in [3.05, 3.63) is 27.7 Å². The van der Waals surface area contributed by atoms with Gasteiger partial charge in [-0.3, -0.25) is 9.80 Å². The SMILES string of the molecule is Cc1ncc(CN2CCC(N(C)Cc3nnc(C4CC4)n3C)C2)s1. The first kappa shape index (κ1) is 16.2. The van der Waals surface area contributed by atoms with Gasteiger partial charge in [0.05, 0.1) is 11.6 Å². The molecule has 24 heavy (non-hydrogen) atoms. The lowest BCUT2D eigenvalue weighted by molar-refractivity contribution is 0.217.